The molecule has 2 nitrogen and oxygen atoms in total. The van der Waals surface area contributed by atoms with Crippen LogP contribution in [0.4, 0.5) is 0 Å². The number of H-pyrrole nitrogens is 1. The predicted octanol–water partition coefficient (Wildman–Crippen LogP) is 3.01. The third-order valence-corrected chi connectivity index (χ3v) is 3.59. The molecule has 0 saturated heterocycles. The van der Waals surface area contributed by atoms with Crippen LogP contribution in [0.3, 0.4) is 0 Å². The summed E-state index contributed by atoms with van der Waals surface area (Å²) in [6, 6.07) is 2.20. The molecule has 1 heterocycles. The van der Waals surface area contributed by atoms with Gasteiger partial charge in [-0.3, -0.25) is 4.79 Å². The maximum absolute atomic E-state index is 11.9. The summed E-state index contributed by atoms with van der Waals surface area (Å²) in [6.45, 7) is 8.80. The lowest BCUT2D eigenvalue weighted by Crippen LogP contribution is -2.28. The number of pyridine rings is 1. The highest BCUT2D eigenvalue weighted by molar-refractivity contribution is 5.31. The van der Waals surface area contributed by atoms with Gasteiger partial charge in [-0.1, -0.05) is 27.7 Å². The molecule has 0 aromatic carbocycles. The molecule has 0 fully saturated rings. The van der Waals surface area contributed by atoms with Gasteiger partial charge in [-0.15, -0.1) is 0 Å². The third-order valence-electron chi connectivity index (χ3n) is 3.59. The molecule has 1 aliphatic rings. The van der Waals surface area contributed by atoms with E-state index in [0.29, 0.717) is 11.3 Å². The van der Waals surface area contributed by atoms with Crippen molar-refractivity contribution >= 4 is 0 Å². The number of hydrogen-bond donors (Lipinski definition) is 1. The van der Waals surface area contributed by atoms with Gasteiger partial charge in [0.15, 0.2) is 0 Å². The number of aromatic nitrogens is 1. The first-order valence-electron chi connectivity index (χ1n) is 6.14. The van der Waals surface area contributed by atoms with Crippen molar-refractivity contribution in [3.05, 3.63) is 33.2 Å². The van der Waals surface area contributed by atoms with Crippen LogP contribution in [-0.2, 0) is 12.8 Å². The Bertz CT molecular complexity index is 454. The summed E-state index contributed by atoms with van der Waals surface area (Å²) in [6.07, 6.45) is 3.08. The van der Waals surface area contributed by atoms with Gasteiger partial charge in [-0.2, -0.15) is 0 Å². The Kier molecular flexibility index (Phi) is 2.69. The molecule has 0 radical (unpaired) electrons. The molecule has 0 unspecified atom stereocenters. The Morgan fingerprint density at radius 1 is 1.38 bits per heavy atom. The van der Waals surface area contributed by atoms with E-state index in [4.69, 9.17) is 0 Å². The smallest absolute Gasteiger partial charge is 0.251 e. The second-order valence-electron chi connectivity index (χ2n) is 6.05. The minimum Gasteiger partial charge on any atom is -0.326 e. The van der Waals surface area contributed by atoms with Crippen molar-refractivity contribution in [3.63, 3.8) is 0 Å². The molecule has 0 atom stereocenters. The van der Waals surface area contributed by atoms with Gasteiger partial charge in [-0.05, 0) is 42.2 Å². The summed E-state index contributed by atoms with van der Waals surface area (Å²) in [5.41, 5.74) is 3.83. The second kappa shape index (κ2) is 3.76. The van der Waals surface area contributed by atoms with E-state index >= 15 is 0 Å². The molecule has 16 heavy (non-hydrogen) atoms. The molecule has 2 heteroatoms. The van der Waals surface area contributed by atoms with Crippen molar-refractivity contribution in [2.75, 3.05) is 0 Å². The van der Waals surface area contributed by atoms with Crippen LogP contribution in [0.2, 0.25) is 0 Å². The maximum Gasteiger partial charge on any atom is 0.251 e. The lowest BCUT2D eigenvalue weighted by atomic mass is 9.74. The first-order chi connectivity index (χ1) is 7.39. The maximum atomic E-state index is 11.9. The van der Waals surface area contributed by atoms with E-state index in [1.54, 1.807) is 0 Å². The van der Waals surface area contributed by atoms with Gasteiger partial charge in [0.2, 0.25) is 0 Å². The molecule has 0 amide bonds. The van der Waals surface area contributed by atoms with Crippen molar-refractivity contribution in [1.29, 1.82) is 0 Å². The summed E-state index contributed by atoms with van der Waals surface area (Å²) in [7, 11) is 0. The normalized spacial score (nSPS) is 18.6. The summed E-state index contributed by atoms with van der Waals surface area (Å²) < 4.78 is 0. The van der Waals surface area contributed by atoms with Crippen molar-refractivity contribution < 1.29 is 0 Å². The minimum atomic E-state index is 0.136. The quantitative estimate of drug-likeness (QED) is 0.773. The van der Waals surface area contributed by atoms with Gasteiger partial charge < -0.3 is 4.98 Å². The molecular weight excluding hydrogens is 198 g/mol. The van der Waals surface area contributed by atoms with Gasteiger partial charge >= 0.3 is 0 Å². The molecule has 0 saturated carbocycles. The van der Waals surface area contributed by atoms with E-state index in [2.05, 4.69) is 38.7 Å². The molecule has 2 rings (SSSR count). The van der Waals surface area contributed by atoms with Crippen LogP contribution in [0.15, 0.2) is 10.9 Å². The van der Waals surface area contributed by atoms with Crippen LogP contribution < -0.4 is 5.56 Å². The lowest BCUT2D eigenvalue weighted by Gasteiger charge is -2.31. The average Bonchev–Trinajstić information content (AvgIpc) is 2.14. The summed E-state index contributed by atoms with van der Waals surface area (Å²) in [5, 5.41) is 0. The molecular formula is C14H21NO. The predicted molar refractivity (Wildman–Crippen MR) is 67.0 cm³/mol. The van der Waals surface area contributed by atoms with Crippen molar-refractivity contribution in [1.82, 2.24) is 4.98 Å². The average molecular weight is 219 g/mol. The van der Waals surface area contributed by atoms with E-state index in [0.717, 1.165) is 30.5 Å². The molecule has 0 bridgehead atoms. The summed E-state index contributed by atoms with van der Waals surface area (Å²) >= 11 is 0. The Morgan fingerprint density at radius 2 is 2.06 bits per heavy atom. The zero-order chi connectivity index (χ0) is 11.9. The van der Waals surface area contributed by atoms with E-state index < -0.39 is 0 Å². The van der Waals surface area contributed by atoms with Gasteiger partial charge in [0.25, 0.3) is 5.56 Å². The summed E-state index contributed by atoms with van der Waals surface area (Å²) in [4.78, 5) is 15.0. The van der Waals surface area contributed by atoms with Crippen molar-refractivity contribution in [2.24, 2.45) is 5.41 Å². The highest BCUT2D eigenvalue weighted by Crippen LogP contribution is 2.33. The molecule has 1 N–H and O–H groups in total. The fourth-order valence-corrected chi connectivity index (χ4v) is 2.47. The van der Waals surface area contributed by atoms with Crippen molar-refractivity contribution in [2.45, 2.75) is 52.9 Å². The zero-order valence-corrected chi connectivity index (χ0v) is 10.7. The SMILES string of the molecule is CC(C)c1cc2c(c(=O)[nH]1)CCC(C)(C)C2. The first-order valence-corrected chi connectivity index (χ1v) is 6.14. The van der Waals surface area contributed by atoms with Crippen LogP contribution in [0, 0.1) is 5.41 Å². The lowest BCUT2D eigenvalue weighted by molar-refractivity contribution is 0.314. The zero-order valence-electron chi connectivity index (χ0n) is 10.7. The minimum absolute atomic E-state index is 0.136. The molecule has 0 spiro atoms. The van der Waals surface area contributed by atoms with Gasteiger partial charge in [-0.25, -0.2) is 0 Å². The van der Waals surface area contributed by atoms with E-state index in [1.807, 2.05) is 0 Å². The standard InChI is InChI=1S/C14H21NO/c1-9(2)12-7-10-8-14(3,4)6-5-11(10)13(16)15-12/h7,9H,5-6,8H2,1-4H3,(H,15,16). The fraction of sp³-hybridized carbons (Fsp3) is 0.643. The van der Waals surface area contributed by atoms with Gasteiger partial charge in [0.05, 0.1) is 0 Å². The van der Waals surface area contributed by atoms with Crippen molar-refractivity contribution in [3.8, 4) is 0 Å². The Hall–Kier alpha value is -1.05. The van der Waals surface area contributed by atoms with Gasteiger partial charge in [0, 0.05) is 11.3 Å². The van der Waals surface area contributed by atoms with Crippen LogP contribution in [0.5, 0.6) is 0 Å². The van der Waals surface area contributed by atoms with Gasteiger partial charge in [0.1, 0.15) is 0 Å². The molecule has 1 aliphatic carbocycles. The largest absolute Gasteiger partial charge is 0.326 e. The Labute approximate surface area is 97.1 Å². The van der Waals surface area contributed by atoms with E-state index in [-0.39, 0.29) is 5.56 Å². The van der Waals surface area contributed by atoms with E-state index in [1.165, 1.54) is 5.56 Å². The van der Waals surface area contributed by atoms with Crippen LogP contribution in [0.1, 0.15) is 56.9 Å². The Morgan fingerprint density at radius 3 is 2.69 bits per heavy atom. The van der Waals surface area contributed by atoms with Crippen LogP contribution in [0.25, 0.3) is 0 Å². The first kappa shape index (κ1) is 11.4. The fourth-order valence-electron chi connectivity index (χ4n) is 2.47. The highest BCUT2D eigenvalue weighted by atomic mass is 16.1. The molecule has 1 aromatic heterocycles. The second-order valence-corrected chi connectivity index (χ2v) is 6.05. The number of fused-ring (bicyclic) bond motifs is 1. The highest BCUT2D eigenvalue weighted by Gasteiger charge is 2.27. The number of rotatable bonds is 1. The molecule has 1 aromatic rings. The van der Waals surface area contributed by atoms with Crippen LogP contribution in [-0.4, -0.2) is 4.98 Å². The number of hydrogen-bond acceptors (Lipinski definition) is 1. The van der Waals surface area contributed by atoms with E-state index in [9.17, 15) is 4.79 Å². The molecule has 0 aliphatic heterocycles. The molecule has 88 valence electrons. The topological polar surface area (TPSA) is 32.9 Å². The number of nitrogens with one attached hydrogen (secondary N) is 1. The number of aromatic amines is 1. The monoisotopic (exact) mass is 219 g/mol. The summed E-state index contributed by atoms with van der Waals surface area (Å²) in [5.74, 6) is 0.392. The van der Waals surface area contributed by atoms with Crippen LogP contribution >= 0.6 is 0 Å². The Balaban J connectivity index is 2.50. The third kappa shape index (κ3) is 2.06.